The molecule has 2 atom stereocenters. The minimum absolute atomic E-state index is 0.0409. The molecule has 0 bridgehead atoms. The summed E-state index contributed by atoms with van der Waals surface area (Å²) in [5.41, 5.74) is 4.99. The summed E-state index contributed by atoms with van der Waals surface area (Å²) in [6, 6.07) is 14.9. The highest BCUT2D eigenvalue weighted by atomic mass is 19.1. The first-order chi connectivity index (χ1) is 10.3. The minimum atomic E-state index is -0.0409. The van der Waals surface area contributed by atoms with Gasteiger partial charge in [-0.3, -0.25) is 0 Å². The van der Waals surface area contributed by atoms with E-state index in [-0.39, 0.29) is 5.82 Å². The van der Waals surface area contributed by atoms with Crippen LogP contribution in [0.25, 0.3) is 0 Å². The molecule has 0 radical (unpaired) electrons. The number of nitrogens with one attached hydrogen (secondary N) is 1. The molecule has 0 aliphatic heterocycles. The van der Waals surface area contributed by atoms with Gasteiger partial charge in [0.2, 0.25) is 0 Å². The molecule has 0 amide bonds. The third-order valence-corrected chi connectivity index (χ3v) is 4.99. The van der Waals surface area contributed by atoms with E-state index in [0.717, 1.165) is 24.0 Å². The first-order valence-electron chi connectivity index (χ1n) is 7.94. The van der Waals surface area contributed by atoms with E-state index in [9.17, 15) is 4.39 Å². The van der Waals surface area contributed by atoms with Crippen LogP contribution >= 0.6 is 0 Å². The molecule has 2 aliphatic carbocycles. The van der Waals surface area contributed by atoms with Gasteiger partial charge in [-0.05, 0) is 60.4 Å². The van der Waals surface area contributed by atoms with E-state index >= 15 is 0 Å². The first-order valence-corrected chi connectivity index (χ1v) is 7.94. The second-order valence-corrected chi connectivity index (χ2v) is 6.21. The Morgan fingerprint density at radius 1 is 0.857 bits per heavy atom. The van der Waals surface area contributed by atoms with Gasteiger partial charge in [-0.25, -0.2) is 4.39 Å². The normalized spacial score (nSPS) is 23.7. The van der Waals surface area contributed by atoms with E-state index < -0.39 is 0 Å². The van der Waals surface area contributed by atoms with Crippen LogP contribution in [0.5, 0.6) is 0 Å². The quantitative estimate of drug-likeness (QED) is 0.855. The summed E-state index contributed by atoms with van der Waals surface area (Å²) in [6.45, 7) is 0. The van der Waals surface area contributed by atoms with Crippen molar-refractivity contribution in [1.29, 1.82) is 0 Å². The zero-order valence-corrected chi connectivity index (χ0v) is 12.1. The molecule has 0 spiro atoms. The van der Waals surface area contributed by atoms with Gasteiger partial charge in [0.05, 0.1) is 0 Å². The molecule has 1 nitrogen and oxygen atoms in total. The highest BCUT2D eigenvalue weighted by Crippen LogP contribution is 2.37. The van der Waals surface area contributed by atoms with Gasteiger partial charge in [-0.15, -0.1) is 0 Å². The number of fused-ring (bicyclic) bond motifs is 2. The molecule has 2 aromatic rings. The minimum Gasteiger partial charge on any atom is -0.303 e. The standard InChI is InChI=1S/C19H20FN/c20-17-9-4-8-16-15(17)11-12-19(16)21-18-10-3-6-13-5-1-2-7-14(13)18/h1-2,4-5,7-9,18-19,21H,3,6,10-12H2. The molecule has 0 fully saturated rings. The molecule has 0 saturated carbocycles. The van der Waals surface area contributed by atoms with E-state index in [4.69, 9.17) is 0 Å². The number of halogens is 1. The van der Waals surface area contributed by atoms with Gasteiger partial charge in [-0.2, -0.15) is 0 Å². The monoisotopic (exact) mass is 281 g/mol. The lowest BCUT2D eigenvalue weighted by molar-refractivity contribution is 0.398. The molecule has 108 valence electrons. The number of aryl methyl sites for hydroxylation is 1. The lowest BCUT2D eigenvalue weighted by Crippen LogP contribution is -2.28. The SMILES string of the molecule is Fc1cccc2c1CCC2NC1CCCc2ccccc21. The van der Waals surface area contributed by atoms with Crippen molar-refractivity contribution in [2.45, 2.75) is 44.2 Å². The molecule has 0 aromatic heterocycles. The van der Waals surface area contributed by atoms with Crippen LogP contribution in [0.15, 0.2) is 42.5 Å². The van der Waals surface area contributed by atoms with Crippen molar-refractivity contribution in [3.8, 4) is 0 Å². The Balaban J connectivity index is 1.61. The number of rotatable bonds is 2. The Morgan fingerprint density at radius 2 is 1.67 bits per heavy atom. The topological polar surface area (TPSA) is 12.0 Å². The van der Waals surface area contributed by atoms with Crippen LogP contribution in [0.3, 0.4) is 0 Å². The van der Waals surface area contributed by atoms with E-state index in [1.807, 2.05) is 6.07 Å². The molecule has 2 aliphatic rings. The third-order valence-electron chi connectivity index (χ3n) is 4.99. The summed E-state index contributed by atoms with van der Waals surface area (Å²) >= 11 is 0. The Bertz CT molecular complexity index is 664. The number of hydrogen-bond acceptors (Lipinski definition) is 1. The second-order valence-electron chi connectivity index (χ2n) is 6.21. The van der Waals surface area contributed by atoms with Gasteiger partial charge < -0.3 is 5.32 Å². The highest BCUT2D eigenvalue weighted by molar-refractivity contribution is 5.37. The lowest BCUT2D eigenvalue weighted by Gasteiger charge is -2.29. The molecule has 2 heteroatoms. The number of hydrogen-bond donors (Lipinski definition) is 1. The van der Waals surface area contributed by atoms with Gasteiger partial charge in [-0.1, -0.05) is 36.4 Å². The molecular weight excluding hydrogens is 261 g/mol. The summed E-state index contributed by atoms with van der Waals surface area (Å²) in [5, 5.41) is 3.79. The van der Waals surface area contributed by atoms with Crippen molar-refractivity contribution < 1.29 is 4.39 Å². The second kappa shape index (κ2) is 5.27. The molecule has 2 aromatic carbocycles. The average Bonchev–Trinajstić information content (AvgIpc) is 2.92. The predicted molar refractivity (Wildman–Crippen MR) is 82.7 cm³/mol. The predicted octanol–water partition coefficient (Wildman–Crippen LogP) is 4.48. The summed E-state index contributed by atoms with van der Waals surface area (Å²) in [5.74, 6) is -0.0409. The Morgan fingerprint density at radius 3 is 2.62 bits per heavy atom. The van der Waals surface area contributed by atoms with Crippen LogP contribution in [0.4, 0.5) is 4.39 Å². The molecule has 0 saturated heterocycles. The summed E-state index contributed by atoms with van der Waals surface area (Å²) in [4.78, 5) is 0. The van der Waals surface area contributed by atoms with Crippen molar-refractivity contribution in [3.63, 3.8) is 0 Å². The summed E-state index contributed by atoms with van der Waals surface area (Å²) < 4.78 is 13.9. The molecule has 2 unspecified atom stereocenters. The Hall–Kier alpha value is -1.67. The van der Waals surface area contributed by atoms with Crippen LogP contribution < -0.4 is 5.32 Å². The fourth-order valence-electron chi connectivity index (χ4n) is 3.95. The largest absolute Gasteiger partial charge is 0.303 e. The Kier molecular flexibility index (Phi) is 3.27. The van der Waals surface area contributed by atoms with Crippen molar-refractivity contribution in [2.24, 2.45) is 0 Å². The average molecular weight is 281 g/mol. The highest BCUT2D eigenvalue weighted by Gasteiger charge is 2.28. The van der Waals surface area contributed by atoms with Crippen molar-refractivity contribution in [3.05, 3.63) is 70.5 Å². The number of benzene rings is 2. The summed E-state index contributed by atoms with van der Waals surface area (Å²) in [7, 11) is 0. The van der Waals surface area contributed by atoms with Gasteiger partial charge >= 0.3 is 0 Å². The maximum atomic E-state index is 13.9. The van der Waals surface area contributed by atoms with E-state index in [2.05, 4.69) is 35.6 Å². The van der Waals surface area contributed by atoms with Gasteiger partial charge in [0.1, 0.15) is 5.82 Å². The van der Waals surface area contributed by atoms with Gasteiger partial charge in [0.25, 0.3) is 0 Å². The fourth-order valence-corrected chi connectivity index (χ4v) is 3.95. The fraction of sp³-hybridized carbons (Fsp3) is 0.368. The van der Waals surface area contributed by atoms with Crippen LogP contribution in [-0.4, -0.2) is 0 Å². The summed E-state index contributed by atoms with van der Waals surface area (Å²) in [6.07, 6.45) is 5.46. The van der Waals surface area contributed by atoms with E-state index in [0.29, 0.717) is 12.1 Å². The maximum Gasteiger partial charge on any atom is 0.126 e. The smallest absolute Gasteiger partial charge is 0.126 e. The molecule has 4 rings (SSSR count). The first kappa shape index (κ1) is 13.0. The van der Waals surface area contributed by atoms with Crippen LogP contribution in [-0.2, 0) is 12.8 Å². The van der Waals surface area contributed by atoms with Crippen LogP contribution in [0.1, 0.15) is 53.6 Å². The zero-order chi connectivity index (χ0) is 14.2. The van der Waals surface area contributed by atoms with Crippen LogP contribution in [0, 0.1) is 5.82 Å². The Labute approximate surface area is 125 Å². The van der Waals surface area contributed by atoms with Crippen molar-refractivity contribution in [1.82, 2.24) is 5.32 Å². The van der Waals surface area contributed by atoms with E-state index in [1.165, 1.54) is 30.4 Å². The third kappa shape index (κ3) is 2.28. The maximum absolute atomic E-state index is 13.9. The zero-order valence-electron chi connectivity index (χ0n) is 12.1. The van der Waals surface area contributed by atoms with Crippen LogP contribution in [0.2, 0.25) is 0 Å². The lowest BCUT2D eigenvalue weighted by atomic mass is 9.87. The molecule has 1 N–H and O–H groups in total. The molecule has 21 heavy (non-hydrogen) atoms. The van der Waals surface area contributed by atoms with E-state index in [1.54, 1.807) is 6.07 Å². The molecular formula is C19H20FN. The molecule has 0 heterocycles. The van der Waals surface area contributed by atoms with Gasteiger partial charge in [0.15, 0.2) is 0 Å². The van der Waals surface area contributed by atoms with Crippen molar-refractivity contribution in [2.75, 3.05) is 0 Å². The van der Waals surface area contributed by atoms with Crippen molar-refractivity contribution >= 4 is 0 Å². The van der Waals surface area contributed by atoms with Gasteiger partial charge in [0, 0.05) is 12.1 Å².